The highest BCUT2D eigenvalue weighted by atomic mass is 19.3. The molecule has 1 aliphatic heterocycles. The highest BCUT2D eigenvalue weighted by Gasteiger charge is 2.22. The van der Waals surface area contributed by atoms with E-state index in [2.05, 4.69) is 11.8 Å². The van der Waals surface area contributed by atoms with E-state index in [0.29, 0.717) is 12.5 Å². The molecule has 0 radical (unpaired) electrons. The van der Waals surface area contributed by atoms with Crippen LogP contribution in [0.25, 0.3) is 0 Å². The minimum Gasteiger partial charge on any atom is -0.327 e. The zero-order valence-corrected chi connectivity index (χ0v) is 10.7. The number of benzene rings is 1. The quantitative estimate of drug-likeness (QED) is 0.898. The van der Waals surface area contributed by atoms with E-state index in [9.17, 15) is 8.78 Å². The van der Waals surface area contributed by atoms with Crippen molar-refractivity contribution in [2.45, 2.75) is 32.4 Å². The van der Waals surface area contributed by atoms with Crippen LogP contribution >= 0.6 is 0 Å². The molecule has 18 heavy (non-hydrogen) atoms. The van der Waals surface area contributed by atoms with Gasteiger partial charge in [0.25, 0.3) is 6.43 Å². The number of piperidine rings is 1. The lowest BCUT2D eigenvalue weighted by molar-refractivity contribution is 0.149. The Kier molecular flexibility index (Phi) is 4.30. The topological polar surface area (TPSA) is 29.3 Å². The Hall–Kier alpha value is -1.00. The van der Waals surface area contributed by atoms with Crippen molar-refractivity contribution in [3.05, 3.63) is 35.4 Å². The van der Waals surface area contributed by atoms with Crippen LogP contribution < -0.4 is 5.73 Å². The number of alkyl halides is 2. The van der Waals surface area contributed by atoms with Crippen molar-refractivity contribution in [3.63, 3.8) is 0 Å². The van der Waals surface area contributed by atoms with Gasteiger partial charge in [-0.1, -0.05) is 25.1 Å². The fourth-order valence-corrected chi connectivity index (χ4v) is 2.73. The largest absolute Gasteiger partial charge is 0.327 e. The summed E-state index contributed by atoms with van der Waals surface area (Å²) in [6.07, 6.45) is -1.35. The molecule has 2 unspecified atom stereocenters. The average molecular weight is 254 g/mol. The van der Waals surface area contributed by atoms with Crippen molar-refractivity contribution in [3.8, 4) is 0 Å². The predicted octanol–water partition coefficient (Wildman–Crippen LogP) is 2.79. The van der Waals surface area contributed by atoms with Crippen molar-refractivity contribution in [1.82, 2.24) is 4.90 Å². The molecule has 0 bridgehead atoms. The molecule has 100 valence electrons. The molecule has 0 amide bonds. The molecular formula is C14H20F2N2. The van der Waals surface area contributed by atoms with E-state index in [1.165, 1.54) is 6.07 Å². The molecule has 1 saturated heterocycles. The Labute approximate surface area is 107 Å². The molecule has 4 heteroatoms. The molecule has 2 atom stereocenters. The van der Waals surface area contributed by atoms with Gasteiger partial charge in [-0.2, -0.15) is 0 Å². The molecule has 1 aromatic carbocycles. The van der Waals surface area contributed by atoms with Gasteiger partial charge in [-0.05, 0) is 24.0 Å². The van der Waals surface area contributed by atoms with Crippen molar-refractivity contribution in [2.24, 2.45) is 11.7 Å². The van der Waals surface area contributed by atoms with Gasteiger partial charge in [-0.15, -0.1) is 0 Å². The van der Waals surface area contributed by atoms with Gasteiger partial charge in [-0.3, -0.25) is 4.90 Å². The first-order valence-corrected chi connectivity index (χ1v) is 6.39. The second kappa shape index (κ2) is 5.76. The summed E-state index contributed by atoms with van der Waals surface area (Å²) in [4.78, 5) is 2.25. The Morgan fingerprint density at radius 3 is 2.83 bits per heavy atom. The lowest BCUT2D eigenvalue weighted by atomic mass is 9.96. The van der Waals surface area contributed by atoms with E-state index in [0.717, 1.165) is 25.1 Å². The number of nitrogens with two attached hydrogens (primary N) is 1. The van der Waals surface area contributed by atoms with Gasteiger partial charge in [0.2, 0.25) is 0 Å². The fourth-order valence-electron chi connectivity index (χ4n) is 2.73. The molecule has 0 spiro atoms. The second-order valence-corrected chi connectivity index (χ2v) is 5.34. The first kappa shape index (κ1) is 13.4. The van der Waals surface area contributed by atoms with Gasteiger partial charge in [0, 0.05) is 31.2 Å². The Balaban J connectivity index is 2.02. The number of hydrogen-bond acceptors (Lipinski definition) is 2. The molecular weight excluding hydrogens is 234 g/mol. The summed E-state index contributed by atoms with van der Waals surface area (Å²) < 4.78 is 25.2. The number of likely N-dealkylation sites (tertiary alicyclic amines) is 1. The summed E-state index contributed by atoms with van der Waals surface area (Å²) in [6, 6.07) is 6.86. The normalized spacial score (nSPS) is 25.6. The van der Waals surface area contributed by atoms with Crippen LogP contribution in [0.1, 0.15) is 30.9 Å². The van der Waals surface area contributed by atoms with Crippen LogP contribution in [0.4, 0.5) is 8.78 Å². The molecule has 0 aliphatic carbocycles. The van der Waals surface area contributed by atoms with Crippen LogP contribution in [0.15, 0.2) is 24.3 Å². The van der Waals surface area contributed by atoms with E-state index in [4.69, 9.17) is 5.73 Å². The second-order valence-electron chi connectivity index (χ2n) is 5.34. The van der Waals surface area contributed by atoms with E-state index >= 15 is 0 Å². The predicted molar refractivity (Wildman–Crippen MR) is 68.4 cm³/mol. The van der Waals surface area contributed by atoms with Crippen molar-refractivity contribution >= 4 is 0 Å². The summed E-state index contributed by atoms with van der Waals surface area (Å²) in [5.41, 5.74) is 7.02. The molecule has 1 aliphatic rings. The maximum absolute atomic E-state index is 12.6. The van der Waals surface area contributed by atoms with Crippen LogP contribution in [0.3, 0.4) is 0 Å². The van der Waals surface area contributed by atoms with Gasteiger partial charge in [0.05, 0.1) is 0 Å². The maximum Gasteiger partial charge on any atom is 0.263 e. The molecule has 0 aromatic heterocycles. The first-order valence-electron chi connectivity index (χ1n) is 6.39. The lowest BCUT2D eigenvalue weighted by Crippen LogP contribution is -2.45. The van der Waals surface area contributed by atoms with Crippen molar-refractivity contribution in [1.29, 1.82) is 0 Å². The zero-order valence-electron chi connectivity index (χ0n) is 10.7. The summed E-state index contributed by atoms with van der Waals surface area (Å²) in [7, 11) is 0. The van der Waals surface area contributed by atoms with Crippen LogP contribution in [-0.4, -0.2) is 24.0 Å². The SMILES string of the molecule is CC1CC(N)CN(Cc2cccc(C(F)F)c2)C1. The Bertz CT molecular complexity index is 385. The Morgan fingerprint density at radius 1 is 1.39 bits per heavy atom. The molecule has 1 fully saturated rings. The maximum atomic E-state index is 12.6. The third kappa shape index (κ3) is 3.50. The smallest absolute Gasteiger partial charge is 0.263 e. The molecule has 0 saturated carbocycles. The minimum atomic E-state index is -2.40. The lowest BCUT2D eigenvalue weighted by Gasteiger charge is -2.34. The summed E-state index contributed by atoms with van der Waals surface area (Å²) >= 11 is 0. The standard InChI is InChI=1S/C14H20F2N2/c1-10-5-13(17)9-18(7-10)8-11-3-2-4-12(6-11)14(15)16/h2-4,6,10,13-14H,5,7-9,17H2,1H3. The summed E-state index contributed by atoms with van der Waals surface area (Å²) in [6.45, 7) is 4.73. The number of rotatable bonds is 3. The van der Waals surface area contributed by atoms with Crippen molar-refractivity contribution in [2.75, 3.05) is 13.1 Å². The zero-order chi connectivity index (χ0) is 13.1. The van der Waals surface area contributed by atoms with E-state index in [1.54, 1.807) is 12.1 Å². The minimum absolute atomic E-state index is 0.0989. The van der Waals surface area contributed by atoms with E-state index in [-0.39, 0.29) is 11.6 Å². The highest BCUT2D eigenvalue weighted by molar-refractivity contribution is 5.24. The van der Waals surface area contributed by atoms with Crippen molar-refractivity contribution < 1.29 is 8.78 Å². The first-order chi connectivity index (χ1) is 8.54. The van der Waals surface area contributed by atoms with Gasteiger partial charge in [0.1, 0.15) is 0 Å². The van der Waals surface area contributed by atoms with Gasteiger partial charge >= 0.3 is 0 Å². The van der Waals surface area contributed by atoms with Gasteiger partial charge < -0.3 is 5.73 Å². The van der Waals surface area contributed by atoms with E-state index in [1.807, 2.05) is 6.07 Å². The summed E-state index contributed by atoms with van der Waals surface area (Å²) in [5.74, 6) is 0.576. The van der Waals surface area contributed by atoms with Gasteiger partial charge in [0.15, 0.2) is 0 Å². The highest BCUT2D eigenvalue weighted by Crippen LogP contribution is 2.22. The van der Waals surface area contributed by atoms with Crippen LogP contribution in [0.2, 0.25) is 0 Å². The third-order valence-corrected chi connectivity index (χ3v) is 3.38. The van der Waals surface area contributed by atoms with Crippen LogP contribution in [-0.2, 0) is 6.54 Å². The fraction of sp³-hybridized carbons (Fsp3) is 0.571. The van der Waals surface area contributed by atoms with Crippen LogP contribution in [0.5, 0.6) is 0 Å². The monoisotopic (exact) mass is 254 g/mol. The number of halogens is 2. The number of nitrogens with zero attached hydrogens (tertiary/aromatic N) is 1. The summed E-state index contributed by atoms with van der Waals surface area (Å²) in [5, 5.41) is 0. The molecule has 2 rings (SSSR count). The third-order valence-electron chi connectivity index (χ3n) is 3.38. The molecule has 1 heterocycles. The Morgan fingerprint density at radius 2 is 2.17 bits per heavy atom. The molecule has 2 N–H and O–H groups in total. The van der Waals surface area contributed by atoms with E-state index < -0.39 is 6.43 Å². The van der Waals surface area contributed by atoms with Crippen LogP contribution in [0, 0.1) is 5.92 Å². The molecule has 1 aromatic rings. The number of hydrogen-bond donors (Lipinski definition) is 1. The average Bonchev–Trinajstić information content (AvgIpc) is 2.27. The molecule has 2 nitrogen and oxygen atoms in total. The van der Waals surface area contributed by atoms with Gasteiger partial charge in [-0.25, -0.2) is 8.78 Å².